The average molecular weight is 580 g/mol. The SMILES string of the molecule is Cc1ccc(S(=O)(=O)NC[C@@H](C[Si](c2ccccc2)(c2ccccc2)C(C)(C)C)C2=CCCc3ccccc32)cc1. The Bertz CT molecular complexity index is 1570. The largest absolute Gasteiger partial charge is 0.240 e. The highest BCUT2D eigenvalue weighted by molar-refractivity contribution is 7.89. The van der Waals surface area contributed by atoms with E-state index in [9.17, 15) is 8.42 Å². The number of sulfonamides is 1. The minimum absolute atomic E-state index is 0.00276. The van der Waals surface area contributed by atoms with Crippen molar-refractivity contribution in [2.75, 3.05) is 6.54 Å². The quantitative estimate of drug-likeness (QED) is 0.217. The van der Waals surface area contributed by atoms with Gasteiger partial charge in [0.05, 0.1) is 4.90 Å². The second-order valence-electron chi connectivity index (χ2n) is 12.3. The van der Waals surface area contributed by atoms with Crippen LogP contribution in [-0.4, -0.2) is 23.0 Å². The number of fused-ring (bicyclic) bond motifs is 1. The van der Waals surface area contributed by atoms with Crippen molar-refractivity contribution in [1.29, 1.82) is 0 Å². The maximum absolute atomic E-state index is 13.6. The van der Waals surface area contributed by atoms with Gasteiger partial charge in [-0.15, -0.1) is 0 Å². The lowest BCUT2D eigenvalue weighted by molar-refractivity contribution is 0.570. The van der Waals surface area contributed by atoms with Crippen molar-refractivity contribution in [3.8, 4) is 0 Å². The second kappa shape index (κ2) is 11.9. The zero-order chi connectivity index (χ0) is 29.1. The topological polar surface area (TPSA) is 46.2 Å². The summed E-state index contributed by atoms with van der Waals surface area (Å²) in [5, 5.41) is 2.74. The predicted molar refractivity (Wildman–Crippen MR) is 175 cm³/mol. The molecule has 0 radical (unpaired) electrons. The molecule has 1 aliphatic carbocycles. The summed E-state index contributed by atoms with van der Waals surface area (Å²) in [6.07, 6.45) is 4.35. The minimum atomic E-state index is -3.67. The van der Waals surface area contributed by atoms with Crippen LogP contribution in [0.15, 0.2) is 120 Å². The first kappa shape index (κ1) is 29.2. The molecular weight excluding hydrogens is 539 g/mol. The zero-order valence-corrected chi connectivity index (χ0v) is 26.4. The van der Waals surface area contributed by atoms with Crippen molar-refractivity contribution < 1.29 is 8.42 Å². The molecule has 212 valence electrons. The van der Waals surface area contributed by atoms with Crippen LogP contribution in [0.4, 0.5) is 0 Å². The van der Waals surface area contributed by atoms with Crippen LogP contribution in [-0.2, 0) is 16.4 Å². The number of allylic oxidation sites excluding steroid dienone is 1. The van der Waals surface area contributed by atoms with E-state index in [2.05, 4.69) is 116 Å². The number of hydrogen-bond acceptors (Lipinski definition) is 2. The summed E-state index contributed by atoms with van der Waals surface area (Å²) in [4.78, 5) is 0.310. The van der Waals surface area contributed by atoms with Gasteiger partial charge in [0.25, 0.3) is 0 Å². The molecule has 0 amide bonds. The molecule has 1 aliphatic rings. The fraction of sp³-hybridized carbons (Fsp3) is 0.278. The van der Waals surface area contributed by atoms with E-state index in [4.69, 9.17) is 0 Å². The molecule has 5 rings (SSSR count). The van der Waals surface area contributed by atoms with Crippen LogP contribution in [0.2, 0.25) is 11.1 Å². The van der Waals surface area contributed by atoms with E-state index in [1.807, 2.05) is 19.1 Å². The Labute approximate surface area is 247 Å². The van der Waals surface area contributed by atoms with E-state index in [0.29, 0.717) is 11.4 Å². The minimum Gasteiger partial charge on any atom is -0.211 e. The van der Waals surface area contributed by atoms with Crippen LogP contribution in [0.25, 0.3) is 5.57 Å². The van der Waals surface area contributed by atoms with Crippen LogP contribution < -0.4 is 15.1 Å². The van der Waals surface area contributed by atoms with Gasteiger partial charge in [-0.05, 0) is 65.6 Å². The van der Waals surface area contributed by atoms with Gasteiger partial charge < -0.3 is 0 Å². The lowest BCUT2D eigenvalue weighted by Gasteiger charge is -2.46. The second-order valence-corrected chi connectivity index (χ2v) is 18.9. The summed E-state index contributed by atoms with van der Waals surface area (Å²) < 4.78 is 30.2. The Morgan fingerprint density at radius 2 is 1.34 bits per heavy atom. The van der Waals surface area contributed by atoms with Gasteiger partial charge >= 0.3 is 0 Å². The van der Waals surface area contributed by atoms with E-state index < -0.39 is 18.1 Å². The molecule has 0 saturated heterocycles. The van der Waals surface area contributed by atoms with E-state index in [1.54, 1.807) is 12.1 Å². The normalized spacial score (nSPS) is 14.7. The third-order valence-corrected chi connectivity index (χ3v) is 16.5. The lowest BCUT2D eigenvalue weighted by Crippen LogP contribution is -2.65. The van der Waals surface area contributed by atoms with Crippen LogP contribution in [0.5, 0.6) is 0 Å². The van der Waals surface area contributed by atoms with Gasteiger partial charge in [-0.3, -0.25) is 0 Å². The molecule has 0 aliphatic heterocycles. The highest BCUT2D eigenvalue weighted by atomic mass is 32.2. The van der Waals surface area contributed by atoms with Crippen molar-refractivity contribution in [2.45, 2.75) is 56.5 Å². The Morgan fingerprint density at radius 3 is 1.93 bits per heavy atom. The highest BCUT2D eigenvalue weighted by Crippen LogP contribution is 2.44. The van der Waals surface area contributed by atoms with Crippen LogP contribution in [0, 0.1) is 12.8 Å². The summed E-state index contributed by atoms with van der Waals surface area (Å²) in [6.45, 7) is 9.43. The van der Waals surface area contributed by atoms with E-state index in [-0.39, 0.29) is 11.0 Å². The maximum Gasteiger partial charge on any atom is 0.240 e. The molecule has 0 fully saturated rings. The lowest BCUT2D eigenvalue weighted by atomic mass is 9.84. The first-order valence-electron chi connectivity index (χ1n) is 14.6. The molecular formula is C36H41NO2SSi. The summed E-state index contributed by atoms with van der Waals surface area (Å²) in [7, 11) is -6.15. The van der Waals surface area contributed by atoms with Gasteiger partial charge in [0.15, 0.2) is 0 Å². The molecule has 4 aromatic rings. The van der Waals surface area contributed by atoms with Crippen molar-refractivity contribution in [2.24, 2.45) is 5.92 Å². The summed E-state index contributed by atoms with van der Waals surface area (Å²) in [5.41, 5.74) is 4.92. The molecule has 1 atom stereocenters. The fourth-order valence-electron chi connectivity index (χ4n) is 6.59. The molecule has 3 nitrogen and oxygen atoms in total. The van der Waals surface area contributed by atoms with Gasteiger partial charge in [0.1, 0.15) is 8.07 Å². The fourth-order valence-corrected chi connectivity index (χ4v) is 13.4. The first-order valence-corrected chi connectivity index (χ1v) is 18.3. The van der Waals surface area contributed by atoms with E-state index >= 15 is 0 Å². The van der Waals surface area contributed by atoms with Gasteiger partial charge in [-0.25, -0.2) is 13.1 Å². The highest BCUT2D eigenvalue weighted by Gasteiger charge is 2.49. The average Bonchev–Trinajstić information content (AvgIpc) is 2.98. The number of rotatable bonds is 9. The van der Waals surface area contributed by atoms with Crippen molar-refractivity contribution in [3.63, 3.8) is 0 Å². The molecule has 4 aromatic carbocycles. The predicted octanol–water partition coefficient (Wildman–Crippen LogP) is 6.98. The first-order chi connectivity index (χ1) is 19.6. The smallest absolute Gasteiger partial charge is 0.211 e. The van der Waals surface area contributed by atoms with Crippen molar-refractivity contribution >= 4 is 34.0 Å². The van der Waals surface area contributed by atoms with Gasteiger partial charge in [0, 0.05) is 6.54 Å². The molecule has 0 saturated carbocycles. The molecule has 5 heteroatoms. The van der Waals surface area contributed by atoms with Crippen LogP contribution in [0.1, 0.15) is 43.9 Å². The van der Waals surface area contributed by atoms with E-state index in [0.717, 1.165) is 24.4 Å². The number of nitrogens with one attached hydrogen (secondary N) is 1. The number of hydrogen-bond donors (Lipinski definition) is 1. The molecule has 1 N–H and O–H groups in total. The maximum atomic E-state index is 13.6. The third kappa shape index (κ3) is 6.03. The van der Waals surface area contributed by atoms with E-state index in [1.165, 1.54) is 27.1 Å². The standard InChI is InChI=1S/C36H41NO2SSi/c1-28-22-24-31(25-23-28)40(38,39)37-26-30(35-21-13-15-29-14-11-12-20-34(29)35)27-41(36(2,3)4,32-16-7-5-8-17-32)33-18-9-6-10-19-33/h5-12,14,16-25,30,37H,13,15,26-27H2,1-4H3/t30-/m0/s1. The summed E-state index contributed by atoms with van der Waals surface area (Å²) >= 11 is 0. The molecule has 0 aromatic heterocycles. The monoisotopic (exact) mass is 579 g/mol. The van der Waals surface area contributed by atoms with Gasteiger partial charge in [0.2, 0.25) is 10.0 Å². The van der Waals surface area contributed by atoms with Crippen molar-refractivity contribution in [1.82, 2.24) is 4.72 Å². The van der Waals surface area contributed by atoms with Gasteiger partial charge in [-0.1, -0.05) is 140 Å². The Morgan fingerprint density at radius 1 is 0.780 bits per heavy atom. The number of aryl methyl sites for hydroxylation is 2. The Balaban J connectivity index is 1.64. The molecule has 0 heterocycles. The Hall–Kier alpha value is -3.25. The Kier molecular flexibility index (Phi) is 8.51. The third-order valence-electron chi connectivity index (χ3n) is 8.76. The van der Waals surface area contributed by atoms with Crippen molar-refractivity contribution in [3.05, 3.63) is 132 Å². The van der Waals surface area contributed by atoms with Gasteiger partial charge in [-0.2, -0.15) is 0 Å². The molecule has 41 heavy (non-hydrogen) atoms. The zero-order valence-electron chi connectivity index (χ0n) is 24.6. The summed E-state index contributed by atoms with van der Waals surface area (Å²) in [5.74, 6) is 0.00276. The molecule has 0 spiro atoms. The number of benzene rings is 4. The summed E-state index contributed by atoms with van der Waals surface area (Å²) in [6, 6.07) is 38.6. The molecule has 0 bridgehead atoms. The molecule has 0 unspecified atom stereocenters. The van der Waals surface area contributed by atoms with Crippen LogP contribution in [0.3, 0.4) is 0 Å². The van der Waals surface area contributed by atoms with Crippen LogP contribution >= 0.6 is 0 Å².